The van der Waals surface area contributed by atoms with Gasteiger partial charge in [-0.3, -0.25) is 4.68 Å². The van der Waals surface area contributed by atoms with Crippen LogP contribution in [-0.4, -0.2) is 15.8 Å². The van der Waals surface area contributed by atoms with E-state index in [9.17, 15) is 0 Å². The standard InChI is InChI=1S/C17H24ClN3/c1-4-16-15(9-12(3)19)17(5-2)21(20-16)11-13-7-6-8-14(18)10-13/h6-8,10,12H,4-5,9,11,19H2,1-3H3. The van der Waals surface area contributed by atoms with Gasteiger partial charge in [-0.2, -0.15) is 5.10 Å². The number of nitrogens with zero attached hydrogens (tertiary/aromatic N) is 2. The van der Waals surface area contributed by atoms with E-state index in [1.165, 1.54) is 22.5 Å². The summed E-state index contributed by atoms with van der Waals surface area (Å²) in [5, 5.41) is 5.56. The van der Waals surface area contributed by atoms with Crippen LogP contribution in [0.1, 0.15) is 43.3 Å². The minimum absolute atomic E-state index is 0.157. The highest BCUT2D eigenvalue weighted by atomic mass is 35.5. The van der Waals surface area contributed by atoms with Crippen molar-refractivity contribution in [3.8, 4) is 0 Å². The molecule has 2 aromatic rings. The maximum absolute atomic E-state index is 6.07. The largest absolute Gasteiger partial charge is 0.328 e. The van der Waals surface area contributed by atoms with Gasteiger partial charge in [0.25, 0.3) is 0 Å². The minimum atomic E-state index is 0.157. The molecule has 0 saturated heterocycles. The Morgan fingerprint density at radius 2 is 2.05 bits per heavy atom. The summed E-state index contributed by atoms with van der Waals surface area (Å²) in [6.45, 7) is 7.13. The molecular weight excluding hydrogens is 282 g/mol. The van der Waals surface area contributed by atoms with Crippen LogP contribution in [0, 0.1) is 0 Å². The average Bonchev–Trinajstić information content (AvgIpc) is 2.75. The second-order valence-corrected chi connectivity index (χ2v) is 5.98. The molecule has 2 rings (SSSR count). The number of hydrogen-bond donors (Lipinski definition) is 1. The molecule has 0 fully saturated rings. The first-order valence-corrected chi connectivity index (χ1v) is 8.00. The fourth-order valence-electron chi connectivity index (χ4n) is 2.77. The lowest BCUT2D eigenvalue weighted by atomic mass is 10.0. The van der Waals surface area contributed by atoms with Crippen molar-refractivity contribution in [1.82, 2.24) is 9.78 Å². The van der Waals surface area contributed by atoms with Gasteiger partial charge in [0.1, 0.15) is 0 Å². The normalized spacial score (nSPS) is 12.6. The number of aryl methyl sites for hydroxylation is 1. The Labute approximate surface area is 132 Å². The molecule has 0 amide bonds. The van der Waals surface area contributed by atoms with Crippen LogP contribution in [0.3, 0.4) is 0 Å². The molecule has 21 heavy (non-hydrogen) atoms. The van der Waals surface area contributed by atoms with Crippen molar-refractivity contribution in [2.24, 2.45) is 5.73 Å². The summed E-state index contributed by atoms with van der Waals surface area (Å²) in [5.74, 6) is 0. The van der Waals surface area contributed by atoms with Gasteiger partial charge in [-0.05, 0) is 49.4 Å². The zero-order chi connectivity index (χ0) is 15.4. The zero-order valence-electron chi connectivity index (χ0n) is 13.1. The maximum atomic E-state index is 6.07. The molecule has 0 spiro atoms. The maximum Gasteiger partial charge on any atom is 0.0663 e. The molecule has 1 heterocycles. The van der Waals surface area contributed by atoms with Crippen molar-refractivity contribution < 1.29 is 0 Å². The summed E-state index contributed by atoms with van der Waals surface area (Å²) in [5.41, 5.74) is 11.0. The van der Waals surface area contributed by atoms with Crippen LogP contribution in [0.5, 0.6) is 0 Å². The highest BCUT2D eigenvalue weighted by molar-refractivity contribution is 6.30. The highest BCUT2D eigenvalue weighted by Crippen LogP contribution is 2.20. The van der Waals surface area contributed by atoms with Gasteiger partial charge >= 0.3 is 0 Å². The van der Waals surface area contributed by atoms with Crippen molar-refractivity contribution in [2.75, 3.05) is 0 Å². The van der Waals surface area contributed by atoms with E-state index in [1.54, 1.807) is 0 Å². The molecule has 0 aliphatic rings. The van der Waals surface area contributed by atoms with E-state index in [0.29, 0.717) is 0 Å². The van der Waals surface area contributed by atoms with Crippen molar-refractivity contribution in [3.05, 3.63) is 51.8 Å². The number of rotatable bonds is 6. The molecule has 1 atom stereocenters. The lowest BCUT2D eigenvalue weighted by molar-refractivity contribution is 0.637. The second kappa shape index (κ2) is 7.10. The summed E-state index contributed by atoms with van der Waals surface area (Å²) in [6, 6.07) is 8.12. The predicted octanol–water partition coefficient (Wildman–Crippen LogP) is 3.60. The molecule has 0 bridgehead atoms. The monoisotopic (exact) mass is 305 g/mol. The van der Waals surface area contributed by atoms with Gasteiger partial charge in [0.05, 0.1) is 12.2 Å². The summed E-state index contributed by atoms with van der Waals surface area (Å²) in [6.07, 6.45) is 2.80. The quantitative estimate of drug-likeness (QED) is 0.886. The third kappa shape index (κ3) is 3.86. The number of hydrogen-bond acceptors (Lipinski definition) is 2. The van der Waals surface area contributed by atoms with E-state index in [-0.39, 0.29) is 6.04 Å². The molecular formula is C17H24ClN3. The fraction of sp³-hybridized carbons (Fsp3) is 0.471. The van der Waals surface area contributed by atoms with Crippen LogP contribution in [0.2, 0.25) is 5.02 Å². The number of halogens is 1. The lowest BCUT2D eigenvalue weighted by Crippen LogP contribution is -2.19. The number of aromatic nitrogens is 2. The van der Waals surface area contributed by atoms with Crippen molar-refractivity contribution in [1.29, 1.82) is 0 Å². The van der Waals surface area contributed by atoms with Crippen LogP contribution in [0.15, 0.2) is 24.3 Å². The summed E-state index contributed by atoms with van der Waals surface area (Å²) in [7, 11) is 0. The van der Waals surface area contributed by atoms with Crippen LogP contribution in [-0.2, 0) is 25.8 Å². The molecule has 1 aromatic carbocycles. The van der Waals surface area contributed by atoms with E-state index in [4.69, 9.17) is 22.4 Å². The molecule has 3 nitrogen and oxygen atoms in total. The first-order chi connectivity index (χ1) is 10.0. The molecule has 1 aromatic heterocycles. The first kappa shape index (κ1) is 16.1. The topological polar surface area (TPSA) is 43.8 Å². The summed E-state index contributed by atoms with van der Waals surface area (Å²) in [4.78, 5) is 0. The Hall–Kier alpha value is -1.32. The Balaban J connectivity index is 2.37. The van der Waals surface area contributed by atoms with Gasteiger partial charge in [-0.15, -0.1) is 0 Å². The molecule has 0 aliphatic heterocycles. The van der Waals surface area contributed by atoms with E-state index < -0.39 is 0 Å². The number of benzene rings is 1. The van der Waals surface area contributed by atoms with Crippen molar-refractivity contribution in [3.63, 3.8) is 0 Å². The summed E-state index contributed by atoms with van der Waals surface area (Å²) < 4.78 is 2.11. The first-order valence-electron chi connectivity index (χ1n) is 7.62. The molecule has 4 heteroatoms. The molecule has 2 N–H and O–H groups in total. The fourth-order valence-corrected chi connectivity index (χ4v) is 2.98. The molecule has 0 radical (unpaired) electrons. The van der Waals surface area contributed by atoms with Crippen molar-refractivity contribution >= 4 is 11.6 Å². The Morgan fingerprint density at radius 3 is 2.62 bits per heavy atom. The van der Waals surface area contributed by atoms with Gasteiger partial charge in [0.15, 0.2) is 0 Å². The Bertz CT molecular complexity index is 602. The van der Waals surface area contributed by atoms with E-state index >= 15 is 0 Å². The van der Waals surface area contributed by atoms with Crippen LogP contribution < -0.4 is 5.73 Å². The van der Waals surface area contributed by atoms with Gasteiger partial charge in [0.2, 0.25) is 0 Å². The van der Waals surface area contributed by atoms with E-state index in [1.807, 2.05) is 25.1 Å². The average molecular weight is 306 g/mol. The SMILES string of the molecule is CCc1nn(Cc2cccc(Cl)c2)c(CC)c1CC(C)N. The lowest BCUT2D eigenvalue weighted by Gasteiger charge is -2.10. The molecule has 114 valence electrons. The van der Waals surface area contributed by atoms with E-state index in [0.717, 1.165) is 30.8 Å². The number of nitrogens with two attached hydrogens (primary N) is 1. The van der Waals surface area contributed by atoms with Gasteiger partial charge in [0, 0.05) is 16.8 Å². The van der Waals surface area contributed by atoms with Crippen molar-refractivity contribution in [2.45, 2.75) is 52.6 Å². The second-order valence-electron chi connectivity index (χ2n) is 5.55. The van der Waals surface area contributed by atoms with Crippen LogP contribution >= 0.6 is 11.6 Å². The predicted molar refractivity (Wildman–Crippen MR) is 88.9 cm³/mol. The van der Waals surface area contributed by atoms with Crippen LogP contribution in [0.25, 0.3) is 0 Å². The smallest absolute Gasteiger partial charge is 0.0663 e. The third-order valence-corrected chi connectivity index (χ3v) is 3.90. The van der Waals surface area contributed by atoms with Gasteiger partial charge in [-0.1, -0.05) is 37.6 Å². The van der Waals surface area contributed by atoms with Crippen LogP contribution in [0.4, 0.5) is 0 Å². The molecule has 0 saturated carbocycles. The molecule has 0 aliphatic carbocycles. The summed E-state index contributed by atoms with van der Waals surface area (Å²) >= 11 is 6.07. The zero-order valence-corrected chi connectivity index (χ0v) is 13.8. The van der Waals surface area contributed by atoms with E-state index in [2.05, 4.69) is 24.6 Å². The minimum Gasteiger partial charge on any atom is -0.328 e. The highest BCUT2D eigenvalue weighted by Gasteiger charge is 2.16. The Kier molecular flexibility index (Phi) is 5.43. The Morgan fingerprint density at radius 1 is 1.29 bits per heavy atom. The third-order valence-electron chi connectivity index (χ3n) is 3.67. The van der Waals surface area contributed by atoms with Gasteiger partial charge in [-0.25, -0.2) is 0 Å². The molecule has 1 unspecified atom stereocenters. The van der Waals surface area contributed by atoms with Gasteiger partial charge < -0.3 is 5.73 Å².